The van der Waals surface area contributed by atoms with Crippen molar-refractivity contribution in [3.63, 3.8) is 0 Å². The number of hydrogen-bond acceptors (Lipinski definition) is 0. The van der Waals surface area contributed by atoms with Crippen molar-refractivity contribution in [2.75, 3.05) is 0 Å². The zero-order valence-corrected chi connectivity index (χ0v) is 11.5. The molecule has 0 rings (SSSR count). The van der Waals surface area contributed by atoms with Crippen molar-refractivity contribution >= 4 is 17.6 Å². The van der Waals surface area contributed by atoms with Crippen LogP contribution in [0, 0.1) is 0 Å². The van der Waals surface area contributed by atoms with Gasteiger partial charge in [-0.1, -0.05) is 64.0 Å². The molecule has 0 unspecified atom stereocenters. The van der Waals surface area contributed by atoms with Crippen molar-refractivity contribution in [3.8, 4) is 0 Å². The molecule has 0 saturated heterocycles. The molecule has 0 N–H and O–H groups in total. The van der Waals surface area contributed by atoms with Gasteiger partial charge in [-0.25, -0.2) is 0 Å². The molecule has 0 nitrogen and oxygen atoms in total. The first kappa shape index (κ1) is 12.4. The Morgan fingerprint density at radius 3 is 1.92 bits per heavy atom. The molecule has 0 fully saturated rings. The van der Waals surface area contributed by atoms with Crippen molar-refractivity contribution in [2.45, 2.75) is 64.0 Å². The van der Waals surface area contributed by atoms with Gasteiger partial charge >= 0.3 is 0 Å². The molecule has 0 aromatic carbocycles. The first-order valence-corrected chi connectivity index (χ1v) is 10.2. The molecule has 0 spiro atoms. The lowest BCUT2D eigenvalue weighted by Gasteiger charge is -2.17. The van der Waals surface area contributed by atoms with E-state index in [9.17, 15) is 0 Å². The maximum Gasteiger partial charge on any atom is 0.0445 e. The van der Waals surface area contributed by atoms with Crippen LogP contribution in [0.15, 0.2) is 0 Å². The summed E-state index contributed by atoms with van der Waals surface area (Å²) >= 11 is 0. The van der Waals surface area contributed by atoms with Crippen LogP contribution in [0.1, 0.15) is 34.1 Å². The molecule has 0 saturated carbocycles. The fraction of sp³-hybridized carbons (Fsp3) is 1.00. The highest BCUT2D eigenvalue weighted by Gasteiger charge is 2.13. The Kier molecular flexibility index (Phi) is 8.34. The smallest absolute Gasteiger partial charge is 0.0445 e. The molecule has 0 amide bonds. The molecule has 0 bridgehead atoms. The zero-order valence-electron chi connectivity index (χ0n) is 9.32. The molecule has 73 valence electrons. The molecule has 0 aromatic rings. The summed E-state index contributed by atoms with van der Waals surface area (Å²) in [7, 11) is -0.150. The molecular weight excluding hydrogens is 176 g/mol. The van der Waals surface area contributed by atoms with Crippen molar-refractivity contribution in [2.24, 2.45) is 0 Å². The van der Waals surface area contributed by atoms with E-state index in [1.165, 1.54) is 24.6 Å². The van der Waals surface area contributed by atoms with Gasteiger partial charge in [0.15, 0.2) is 0 Å². The van der Waals surface area contributed by atoms with E-state index in [0.717, 1.165) is 0 Å². The highest BCUT2D eigenvalue weighted by atomic mass is 28.3. The summed E-state index contributed by atoms with van der Waals surface area (Å²) in [6.45, 7) is 9.55. The van der Waals surface area contributed by atoms with Crippen LogP contribution >= 0.6 is 0 Å². The highest BCUT2D eigenvalue weighted by molar-refractivity contribution is 6.77. The monoisotopic (exact) mass is 201 g/mol. The second-order valence-electron chi connectivity index (χ2n) is 3.74. The quantitative estimate of drug-likeness (QED) is 0.551. The van der Waals surface area contributed by atoms with Gasteiger partial charge in [0.05, 0.1) is 0 Å². The van der Waals surface area contributed by atoms with Crippen LogP contribution in [0.25, 0.3) is 0 Å². The summed E-state index contributed by atoms with van der Waals surface area (Å²) in [4.78, 5) is 0. The Labute approximate surface area is 82.0 Å². The molecule has 0 aliphatic rings. The zero-order chi connectivity index (χ0) is 9.40. The lowest BCUT2D eigenvalue weighted by atomic mass is 10.6. The van der Waals surface area contributed by atoms with Gasteiger partial charge < -0.3 is 0 Å². The molecule has 0 aromatic heterocycles. The van der Waals surface area contributed by atoms with E-state index in [2.05, 4.69) is 27.7 Å². The third-order valence-corrected chi connectivity index (χ3v) is 12.0. The first-order chi connectivity index (χ1) is 5.78. The van der Waals surface area contributed by atoms with Crippen LogP contribution < -0.4 is 0 Å². The Hall–Kier alpha value is 0.434. The Bertz CT molecular complexity index is 89.8. The van der Waals surface area contributed by atoms with Crippen LogP contribution in [0.3, 0.4) is 0 Å². The van der Waals surface area contributed by atoms with Gasteiger partial charge in [-0.15, -0.1) is 0 Å². The van der Waals surface area contributed by atoms with Crippen LogP contribution in [-0.2, 0) is 0 Å². The van der Waals surface area contributed by atoms with Gasteiger partial charge in [0.1, 0.15) is 0 Å². The summed E-state index contributed by atoms with van der Waals surface area (Å²) in [6.07, 6.45) is 1.43. The Balaban J connectivity index is 3.65. The Morgan fingerprint density at radius 2 is 1.58 bits per heavy atom. The molecule has 1 radical (unpaired) electrons. The second-order valence-corrected chi connectivity index (χ2v) is 11.4. The van der Waals surface area contributed by atoms with Crippen LogP contribution in [0.4, 0.5) is 0 Å². The fourth-order valence-corrected chi connectivity index (χ4v) is 10.9. The average Bonchev–Trinajstić information content (AvgIpc) is 2.12. The summed E-state index contributed by atoms with van der Waals surface area (Å²) in [5.41, 5.74) is 1.71. The van der Waals surface area contributed by atoms with Crippen LogP contribution in [0.5, 0.6) is 0 Å². The second kappa shape index (κ2) is 8.05. The van der Waals surface area contributed by atoms with Gasteiger partial charge in [0.2, 0.25) is 0 Å². The third-order valence-electron chi connectivity index (χ3n) is 2.84. The summed E-state index contributed by atoms with van der Waals surface area (Å²) in [6, 6.07) is 6.16. The summed E-state index contributed by atoms with van der Waals surface area (Å²) in [5, 5.41) is 0. The molecule has 0 aliphatic carbocycles. The highest BCUT2D eigenvalue weighted by Crippen LogP contribution is 2.14. The van der Waals surface area contributed by atoms with Crippen molar-refractivity contribution in [1.82, 2.24) is 0 Å². The number of hydrogen-bond donors (Lipinski definition) is 0. The van der Waals surface area contributed by atoms with Gasteiger partial charge in [-0.05, 0) is 0 Å². The average molecular weight is 201 g/mol. The standard InChI is InChI=1S/C10H25Si2/c1-5-9-12(8-4)10-11(6-2)7-3/h11H,5-10H2,1-4H3. The Morgan fingerprint density at radius 1 is 1.00 bits per heavy atom. The first-order valence-electron chi connectivity index (χ1n) is 5.61. The van der Waals surface area contributed by atoms with Crippen molar-refractivity contribution in [1.29, 1.82) is 0 Å². The van der Waals surface area contributed by atoms with E-state index in [1.807, 2.05) is 0 Å². The normalized spacial score (nSPS) is 11.5. The summed E-state index contributed by atoms with van der Waals surface area (Å²) in [5.74, 6) is 0. The minimum Gasteiger partial charge on any atom is -0.0680 e. The van der Waals surface area contributed by atoms with Crippen LogP contribution in [0.2, 0.25) is 29.8 Å². The van der Waals surface area contributed by atoms with Gasteiger partial charge in [0, 0.05) is 17.6 Å². The van der Waals surface area contributed by atoms with E-state index in [-0.39, 0.29) is 17.6 Å². The van der Waals surface area contributed by atoms with Crippen molar-refractivity contribution < 1.29 is 0 Å². The van der Waals surface area contributed by atoms with Crippen molar-refractivity contribution in [3.05, 3.63) is 0 Å². The number of rotatable bonds is 7. The fourth-order valence-electron chi connectivity index (χ4n) is 1.76. The lowest BCUT2D eigenvalue weighted by Crippen LogP contribution is -2.21. The molecule has 0 aliphatic heterocycles. The minimum atomic E-state index is -0.254. The predicted octanol–water partition coefficient (Wildman–Crippen LogP) is 3.72. The third kappa shape index (κ3) is 5.15. The SMILES string of the molecule is CCC[Si](CC)C[SiH](CC)CC. The maximum absolute atomic E-state index is 2.40. The molecular formula is C10H25Si2. The topological polar surface area (TPSA) is 0 Å². The molecule has 2 heteroatoms. The minimum absolute atomic E-state index is 0.104. The molecule has 12 heavy (non-hydrogen) atoms. The molecule has 0 heterocycles. The van der Waals surface area contributed by atoms with E-state index in [4.69, 9.17) is 0 Å². The molecule has 0 atom stereocenters. The van der Waals surface area contributed by atoms with Gasteiger partial charge in [-0.2, -0.15) is 0 Å². The van der Waals surface area contributed by atoms with E-state index < -0.39 is 0 Å². The lowest BCUT2D eigenvalue weighted by molar-refractivity contribution is 1.05. The van der Waals surface area contributed by atoms with Crippen LogP contribution in [-0.4, -0.2) is 17.6 Å². The predicted molar refractivity (Wildman–Crippen MR) is 64.3 cm³/mol. The van der Waals surface area contributed by atoms with E-state index in [1.54, 1.807) is 11.7 Å². The summed E-state index contributed by atoms with van der Waals surface area (Å²) < 4.78 is 0. The largest absolute Gasteiger partial charge is 0.0680 e. The van der Waals surface area contributed by atoms with E-state index in [0.29, 0.717) is 0 Å². The van der Waals surface area contributed by atoms with E-state index >= 15 is 0 Å². The maximum atomic E-state index is 2.40. The van der Waals surface area contributed by atoms with Gasteiger partial charge in [0.25, 0.3) is 0 Å². The van der Waals surface area contributed by atoms with Gasteiger partial charge in [-0.3, -0.25) is 0 Å².